The number of carbonyl (C=O) groups excluding carboxylic acids is 1. The Balaban J connectivity index is 1.18. The summed E-state index contributed by atoms with van der Waals surface area (Å²) in [7, 11) is 0. The van der Waals surface area contributed by atoms with Crippen molar-refractivity contribution in [2.75, 3.05) is 24.8 Å². The zero-order valence-corrected chi connectivity index (χ0v) is 26.2. The molecule has 240 valence electrons. The van der Waals surface area contributed by atoms with Gasteiger partial charge >= 0.3 is 5.89 Å². The van der Waals surface area contributed by atoms with Crippen molar-refractivity contribution in [3.8, 4) is 5.75 Å². The fraction of sp³-hybridized carbons (Fsp3) is 0.231. The van der Waals surface area contributed by atoms with Gasteiger partial charge in [0.1, 0.15) is 0 Å². The van der Waals surface area contributed by atoms with E-state index in [0.29, 0.717) is 31.9 Å². The highest BCUT2D eigenvalue weighted by Gasteiger charge is 2.27. The first-order chi connectivity index (χ1) is 23.1. The molecule has 0 atom stereocenters. The molecule has 1 aliphatic heterocycles. The summed E-state index contributed by atoms with van der Waals surface area (Å²) in [5.41, 5.74) is 2.85. The summed E-state index contributed by atoms with van der Waals surface area (Å²) < 4.78 is 19.9. The zero-order valence-electron chi connectivity index (χ0n) is 26.2. The summed E-state index contributed by atoms with van der Waals surface area (Å²) in [4.78, 5) is 13.0. The van der Waals surface area contributed by atoms with Crippen LogP contribution in [0.2, 0.25) is 0 Å². The van der Waals surface area contributed by atoms with Gasteiger partial charge in [-0.15, -0.1) is 0 Å². The van der Waals surface area contributed by atoms with Gasteiger partial charge in [0.25, 0.3) is 5.52 Å². The average molecular weight is 630 g/mol. The Morgan fingerprint density at radius 1 is 0.830 bits per heavy atom. The molecule has 0 aliphatic carbocycles. The van der Waals surface area contributed by atoms with E-state index < -0.39 is 12.8 Å². The van der Waals surface area contributed by atoms with Crippen LogP contribution in [0.3, 0.4) is 0 Å². The Hall–Kier alpha value is -5.18. The van der Waals surface area contributed by atoms with E-state index in [2.05, 4.69) is 51.9 Å². The van der Waals surface area contributed by atoms with E-state index in [1.807, 2.05) is 72.9 Å². The minimum absolute atomic E-state index is 0.0403. The van der Waals surface area contributed by atoms with Crippen LogP contribution in [0.25, 0.3) is 38.7 Å². The first kappa shape index (κ1) is 31.8. The minimum Gasteiger partial charge on any atom is -0.834 e. The molecule has 0 saturated carbocycles. The smallest absolute Gasteiger partial charge is 0.374 e. The second kappa shape index (κ2) is 15.4. The highest BCUT2D eigenvalue weighted by atomic mass is 16.6. The molecule has 1 aromatic heterocycles. The number of carboxylic acids is 1. The lowest BCUT2D eigenvalue weighted by molar-refractivity contribution is -0.678. The van der Waals surface area contributed by atoms with Crippen molar-refractivity contribution in [3.05, 3.63) is 121 Å². The summed E-state index contributed by atoms with van der Waals surface area (Å²) in [5.74, 6) is 1.22. The molecule has 8 nitrogen and oxygen atoms in total. The van der Waals surface area contributed by atoms with Gasteiger partial charge in [0.2, 0.25) is 11.5 Å². The van der Waals surface area contributed by atoms with E-state index in [0.717, 1.165) is 69.4 Å². The maximum atomic E-state index is 10.9. The normalized spacial score (nSPS) is 14.1. The highest BCUT2D eigenvalue weighted by Crippen LogP contribution is 2.44. The predicted molar refractivity (Wildman–Crippen MR) is 180 cm³/mol. The van der Waals surface area contributed by atoms with E-state index in [-0.39, 0.29) is 6.42 Å². The van der Waals surface area contributed by atoms with E-state index in [1.54, 1.807) is 0 Å². The van der Waals surface area contributed by atoms with Gasteiger partial charge < -0.3 is 33.8 Å². The van der Waals surface area contributed by atoms with E-state index in [9.17, 15) is 15.0 Å². The number of carbonyl (C=O) groups is 1. The van der Waals surface area contributed by atoms with Crippen molar-refractivity contribution in [2.45, 2.75) is 38.6 Å². The van der Waals surface area contributed by atoms with Crippen LogP contribution in [-0.2, 0) is 16.1 Å². The topological polar surface area (TPSA) is 102 Å². The number of benzene rings is 4. The van der Waals surface area contributed by atoms with E-state index in [1.165, 1.54) is 0 Å². The molecular formula is C39H37N2O6-. The highest BCUT2D eigenvalue weighted by molar-refractivity contribution is 6.02. The molecule has 0 bridgehead atoms. The van der Waals surface area contributed by atoms with Crippen LogP contribution in [0, 0.1) is 0 Å². The number of carboxylic acid groups (broad SMARTS) is 1. The number of aliphatic carboxylic acids is 1. The maximum Gasteiger partial charge on any atom is 0.374 e. The molecule has 1 aliphatic rings. The largest absolute Gasteiger partial charge is 0.834 e. The number of hydrogen-bond donors (Lipinski definition) is 0. The number of ether oxygens (including phenoxy) is 2. The van der Waals surface area contributed by atoms with Crippen molar-refractivity contribution in [2.24, 2.45) is 0 Å². The summed E-state index contributed by atoms with van der Waals surface area (Å²) >= 11 is 0. The van der Waals surface area contributed by atoms with Crippen LogP contribution < -0.4 is 24.4 Å². The molecule has 8 heteroatoms. The lowest BCUT2D eigenvalue weighted by atomic mass is 10.1. The maximum absolute atomic E-state index is 10.9. The number of allylic oxidation sites excluding steroid dienone is 6. The summed E-state index contributed by atoms with van der Waals surface area (Å²) in [6.07, 6.45) is 16.5. The second-order valence-electron chi connectivity index (χ2n) is 11.3. The number of aromatic nitrogens is 1. The van der Waals surface area contributed by atoms with Crippen molar-refractivity contribution in [1.29, 1.82) is 0 Å². The molecule has 0 radical (unpaired) electrons. The van der Waals surface area contributed by atoms with Gasteiger partial charge in [-0.1, -0.05) is 85.0 Å². The lowest BCUT2D eigenvalue weighted by Gasteiger charge is -2.18. The number of unbranched alkanes of at least 4 members (excludes halogenated alkanes) is 2. The molecule has 5 aromatic rings. The van der Waals surface area contributed by atoms with E-state index in [4.69, 9.17) is 13.9 Å². The van der Waals surface area contributed by atoms with Gasteiger partial charge in [-0.25, -0.2) is 0 Å². The summed E-state index contributed by atoms with van der Waals surface area (Å²) in [5, 5.41) is 25.9. The van der Waals surface area contributed by atoms with Crippen LogP contribution in [-0.4, -0.2) is 25.9 Å². The van der Waals surface area contributed by atoms with Crippen molar-refractivity contribution in [1.82, 2.24) is 0 Å². The molecule has 0 spiro atoms. The summed E-state index contributed by atoms with van der Waals surface area (Å²) in [6.45, 7) is 1.32. The van der Waals surface area contributed by atoms with Crippen LogP contribution in [0.5, 0.6) is 5.75 Å². The van der Waals surface area contributed by atoms with Gasteiger partial charge in [-0.2, -0.15) is 4.57 Å². The van der Waals surface area contributed by atoms with Crippen LogP contribution >= 0.6 is 0 Å². The third-order valence-corrected chi connectivity index (χ3v) is 8.18. The number of rotatable bonds is 15. The molecule has 4 aromatic carbocycles. The Morgan fingerprint density at radius 3 is 2.40 bits per heavy atom. The Morgan fingerprint density at radius 2 is 1.57 bits per heavy atom. The van der Waals surface area contributed by atoms with Gasteiger partial charge in [0, 0.05) is 42.4 Å². The Labute approximate surface area is 273 Å². The third-order valence-electron chi connectivity index (χ3n) is 8.18. The zero-order chi connectivity index (χ0) is 32.4. The molecule has 0 unspecified atom stereocenters. The molecule has 0 amide bonds. The van der Waals surface area contributed by atoms with Crippen LogP contribution in [0.1, 0.15) is 38.0 Å². The quantitative estimate of drug-likeness (QED) is 0.0613. The SMILES string of the molecule is O=C([O-])CCCCN1/C(=C/C=C/C=C/C=C/c2oc3c4ccccc4ccc3[n+]2CCCCOC[O-])Oc2c1ccc1ccccc21. The number of nitrogens with zero attached hydrogens (tertiary/aromatic N) is 2. The van der Waals surface area contributed by atoms with Crippen molar-refractivity contribution < 1.29 is 33.5 Å². The summed E-state index contributed by atoms with van der Waals surface area (Å²) in [6, 6.07) is 24.6. The average Bonchev–Trinajstić information content (AvgIpc) is 3.63. The number of anilines is 1. The molecule has 0 saturated heterocycles. The minimum atomic E-state index is -1.03. The molecule has 0 fully saturated rings. The van der Waals surface area contributed by atoms with Crippen molar-refractivity contribution in [3.63, 3.8) is 0 Å². The standard InChI is InChI=1S/C39H38N2O6/c42-28-45-27-13-12-26-41-34-24-22-30-15-7-9-17-32(30)39(34)47-36(41)19-5-3-1-2-4-18-35-40(25-11-10-20-37(43)44)33-23-21-29-14-6-8-16-31(29)38(33)46-35/h1-9,14-19,21-24H,10-13,20,25-28H2,(H,43,44)/p-1. The first-order valence-electron chi connectivity index (χ1n) is 16.0. The molecule has 47 heavy (non-hydrogen) atoms. The lowest BCUT2D eigenvalue weighted by Crippen LogP contribution is -2.35. The third kappa shape index (κ3) is 7.46. The van der Waals surface area contributed by atoms with Gasteiger partial charge in [-0.05, 0) is 61.5 Å². The number of hydrogen-bond acceptors (Lipinski definition) is 7. The van der Waals surface area contributed by atoms with Crippen LogP contribution in [0.15, 0.2) is 120 Å². The Kier molecular flexibility index (Phi) is 10.4. The number of fused-ring (bicyclic) bond motifs is 6. The predicted octanol–water partition coefficient (Wildman–Crippen LogP) is 5.93. The first-order valence-corrected chi connectivity index (χ1v) is 16.0. The monoisotopic (exact) mass is 629 g/mol. The molecule has 6 rings (SSSR count). The fourth-order valence-electron chi connectivity index (χ4n) is 5.91. The number of oxazole rings is 1. The molecular weight excluding hydrogens is 592 g/mol. The molecule has 0 N–H and O–H groups in total. The van der Waals surface area contributed by atoms with Gasteiger partial charge in [0.15, 0.2) is 12.3 Å². The second-order valence-corrected chi connectivity index (χ2v) is 11.3. The van der Waals surface area contributed by atoms with Crippen LogP contribution in [0.4, 0.5) is 5.69 Å². The Bertz CT molecular complexity index is 1990. The van der Waals surface area contributed by atoms with Gasteiger partial charge in [-0.3, -0.25) is 0 Å². The van der Waals surface area contributed by atoms with Gasteiger partial charge in [0.05, 0.1) is 11.8 Å². The molecule has 2 heterocycles. The fourth-order valence-corrected chi connectivity index (χ4v) is 5.91. The number of aryl methyl sites for hydroxylation is 1. The van der Waals surface area contributed by atoms with Crippen molar-refractivity contribution >= 4 is 50.4 Å². The van der Waals surface area contributed by atoms with E-state index >= 15 is 0 Å².